The molecular formula is C40H60BrP. The molecule has 0 nitrogen and oxygen atoms in total. The van der Waals surface area contributed by atoms with Gasteiger partial charge in [0, 0.05) is 0 Å². The number of halogens is 1. The fourth-order valence-corrected chi connectivity index (χ4v) is 14.5. The molecule has 0 heterocycles. The minimum atomic E-state index is -2.74. The van der Waals surface area contributed by atoms with Crippen LogP contribution >= 0.6 is 20.8 Å². The van der Waals surface area contributed by atoms with Crippen molar-refractivity contribution in [1.29, 1.82) is 0 Å². The molecule has 0 atom stereocenters. The Morgan fingerprint density at radius 3 is 0.857 bits per heavy atom. The van der Waals surface area contributed by atoms with E-state index in [0.717, 1.165) is 0 Å². The van der Waals surface area contributed by atoms with Crippen LogP contribution in [0.4, 0.5) is 0 Å². The van der Waals surface area contributed by atoms with Crippen LogP contribution in [0.5, 0.6) is 0 Å². The molecular weight excluding hydrogens is 591 g/mol. The molecule has 0 spiro atoms. The van der Waals surface area contributed by atoms with Crippen LogP contribution in [0.15, 0.2) is 91.0 Å². The predicted molar refractivity (Wildman–Crippen MR) is 197 cm³/mol. The van der Waals surface area contributed by atoms with E-state index in [4.69, 9.17) is 0 Å². The van der Waals surface area contributed by atoms with Gasteiger partial charge in [0.25, 0.3) is 0 Å². The maximum atomic E-state index is 4.60. The standard InChI is InChI=1S/C40H60BrP/c1-2-3-4-5-6-7-8-9-10-11-12-13-14-15-16-17-18-19-20-30-37-42(41,38-31-24-21-25-32-38,39-33-26-22-27-34-39)40-35-28-23-29-36-40/h21-29,31-36H,2-20,30,37H2,1H3. The van der Waals surface area contributed by atoms with Crippen LogP contribution < -0.4 is 15.9 Å². The van der Waals surface area contributed by atoms with Gasteiger partial charge in [-0.05, 0) is 0 Å². The van der Waals surface area contributed by atoms with Gasteiger partial charge in [-0.15, -0.1) is 0 Å². The Morgan fingerprint density at radius 1 is 0.357 bits per heavy atom. The normalized spacial score (nSPS) is 12.7. The summed E-state index contributed by atoms with van der Waals surface area (Å²) in [5.41, 5.74) is 0. The first-order valence-electron chi connectivity index (χ1n) is 17.6. The second kappa shape index (κ2) is 20.5. The first-order chi connectivity index (χ1) is 20.7. The molecule has 0 aliphatic rings. The van der Waals surface area contributed by atoms with E-state index in [-0.39, 0.29) is 0 Å². The molecule has 0 bridgehead atoms. The molecule has 0 aromatic heterocycles. The third-order valence-electron chi connectivity index (χ3n) is 9.32. The fourth-order valence-electron chi connectivity index (χ4n) is 6.71. The average molecular weight is 652 g/mol. The van der Waals surface area contributed by atoms with E-state index >= 15 is 0 Å². The molecule has 0 radical (unpaired) electrons. The number of rotatable bonds is 24. The SMILES string of the molecule is CCCCCCCCCCCCCCCCCCCCCCP(Br)(c1ccccc1)(c1ccccc1)c1ccccc1. The molecule has 0 fully saturated rings. The van der Waals surface area contributed by atoms with Gasteiger partial charge in [-0.2, -0.15) is 0 Å². The van der Waals surface area contributed by atoms with E-state index in [9.17, 15) is 0 Å². The van der Waals surface area contributed by atoms with Gasteiger partial charge in [0.2, 0.25) is 0 Å². The van der Waals surface area contributed by atoms with Crippen molar-refractivity contribution in [1.82, 2.24) is 0 Å². The minimum absolute atomic E-state index is 1.17. The molecule has 2 heteroatoms. The number of benzene rings is 3. The summed E-state index contributed by atoms with van der Waals surface area (Å²) in [6.45, 7) is 2.30. The Bertz CT molecular complexity index is 949. The van der Waals surface area contributed by atoms with E-state index in [1.54, 1.807) is 0 Å². The zero-order valence-corrected chi connectivity index (χ0v) is 29.3. The first-order valence-corrected chi connectivity index (χ1v) is 22.0. The average Bonchev–Trinajstić information content (AvgIpc) is 3.05. The van der Waals surface area contributed by atoms with E-state index in [2.05, 4.69) is 113 Å². The van der Waals surface area contributed by atoms with Gasteiger partial charge in [0.05, 0.1) is 0 Å². The van der Waals surface area contributed by atoms with Crippen molar-refractivity contribution in [2.24, 2.45) is 0 Å². The van der Waals surface area contributed by atoms with Gasteiger partial charge in [-0.3, -0.25) is 0 Å². The van der Waals surface area contributed by atoms with Gasteiger partial charge < -0.3 is 0 Å². The summed E-state index contributed by atoms with van der Waals surface area (Å²) in [6, 6.07) is 33.8. The van der Waals surface area contributed by atoms with Crippen molar-refractivity contribution in [3.05, 3.63) is 91.0 Å². The van der Waals surface area contributed by atoms with Gasteiger partial charge >= 0.3 is 204 Å². The fraction of sp³-hybridized carbons (Fsp3) is 0.550. The third kappa shape index (κ3) is 10.9. The first kappa shape index (κ1) is 35.1. The summed E-state index contributed by atoms with van der Waals surface area (Å²) < 4.78 is 0. The third-order valence-corrected chi connectivity index (χ3v) is 19.3. The molecule has 0 unspecified atom stereocenters. The Balaban J connectivity index is 1.33. The number of unbranched alkanes of at least 4 members (excludes halogenated alkanes) is 19. The summed E-state index contributed by atoms with van der Waals surface area (Å²) in [6.07, 6.45) is 29.6. The molecule has 3 rings (SSSR count). The van der Waals surface area contributed by atoms with Crippen LogP contribution in [0, 0.1) is 0 Å². The maximum absolute atomic E-state index is 4.60. The van der Waals surface area contributed by atoms with Crippen molar-refractivity contribution in [2.75, 3.05) is 6.16 Å². The molecule has 0 saturated heterocycles. The molecule has 42 heavy (non-hydrogen) atoms. The van der Waals surface area contributed by atoms with Crippen molar-refractivity contribution >= 4 is 36.7 Å². The molecule has 0 amide bonds. The molecule has 0 saturated carbocycles. The summed E-state index contributed by atoms with van der Waals surface area (Å²) >= 11 is 4.60. The Labute approximate surface area is 268 Å². The summed E-state index contributed by atoms with van der Waals surface area (Å²) in [4.78, 5) is 0. The van der Waals surface area contributed by atoms with Crippen molar-refractivity contribution in [3.63, 3.8) is 0 Å². The van der Waals surface area contributed by atoms with E-state index in [1.807, 2.05) is 0 Å². The van der Waals surface area contributed by atoms with Crippen molar-refractivity contribution < 1.29 is 0 Å². The van der Waals surface area contributed by atoms with Crippen LogP contribution in [0.25, 0.3) is 0 Å². The van der Waals surface area contributed by atoms with Crippen LogP contribution in [0.1, 0.15) is 135 Å². The van der Waals surface area contributed by atoms with Crippen molar-refractivity contribution in [2.45, 2.75) is 135 Å². The van der Waals surface area contributed by atoms with Crippen LogP contribution in [0.2, 0.25) is 0 Å². The van der Waals surface area contributed by atoms with Crippen LogP contribution in [-0.4, -0.2) is 6.16 Å². The molecule has 3 aromatic rings. The molecule has 0 aliphatic carbocycles. The second-order valence-corrected chi connectivity index (χ2v) is 21.7. The van der Waals surface area contributed by atoms with Crippen LogP contribution in [0.3, 0.4) is 0 Å². The summed E-state index contributed by atoms with van der Waals surface area (Å²) in [7, 11) is 0. The summed E-state index contributed by atoms with van der Waals surface area (Å²) in [5, 5.41) is 1.59. The Morgan fingerprint density at radius 2 is 0.595 bits per heavy atom. The monoisotopic (exact) mass is 650 g/mol. The van der Waals surface area contributed by atoms with Gasteiger partial charge in [0.15, 0.2) is 0 Å². The Kier molecular flexibility index (Phi) is 17.1. The zero-order valence-electron chi connectivity index (χ0n) is 26.8. The van der Waals surface area contributed by atoms with Gasteiger partial charge in [0.1, 0.15) is 0 Å². The van der Waals surface area contributed by atoms with Crippen molar-refractivity contribution in [3.8, 4) is 0 Å². The molecule has 232 valence electrons. The molecule has 3 aromatic carbocycles. The van der Waals surface area contributed by atoms with Gasteiger partial charge in [-0.25, -0.2) is 0 Å². The van der Waals surface area contributed by atoms with E-state index in [1.165, 1.54) is 150 Å². The molecule has 0 N–H and O–H groups in total. The number of hydrogen-bond acceptors (Lipinski definition) is 0. The number of hydrogen-bond donors (Lipinski definition) is 0. The second-order valence-electron chi connectivity index (χ2n) is 12.6. The predicted octanol–water partition coefficient (Wildman–Crippen LogP) is 12.6. The topological polar surface area (TPSA) is 0 Å². The van der Waals surface area contributed by atoms with E-state index in [0.29, 0.717) is 0 Å². The zero-order chi connectivity index (χ0) is 29.6. The van der Waals surface area contributed by atoms with Gasteiger partial charge in [-0.1, -0.05) is 64.7 Å². The Hall–Kier alpha value is -1.43. The quantitative estimate of drug-likeness (QED) is 0.0668. The molecule has 0 aliphatic heterocycles. The van der Waals surface area contributed by atoms with Crippen LogP contribution in [-0.2, 0) is 0 Å². The van der Waals surface area contributed by atoms with E-state index < -0.39 is 5.31 Å². The summed E-state index contributed by atoms with van der Waals surface area (Å²) in [5.74, 6) is 0.